The zero-order valence-electron chi connectivity index (χ0n) is 14.6. The van der Waals surface area contributed by atoms with Crippen molar-refractivity contribution in [2.45, 2.75) is 13.0 Å². The predicted octanol–water partition coefficient (Wildman–Crippen LogP) is 0.861. The van der Waals surface area contributed by atoms with Crippen LogP contribution >= 0.6 is 0 Å². The number of hydrogen-bond donors (Lipinski definition) is 1. The molecular weight excluding hydrogens is 324 g/mol. The van der Waals surface area contributed by atoms with Crippen LogP contribution in [0.3, 0.4) is 0 Å². The Morgan fingerprint density at radius 3 is 2.80 bits per heavy atom. The van der Waals surface area contributed by atoms with Crippen LogP contribution in [0.25, 0.3) is 0 Å². The molecule has 2 fully saturated rings. The van der Waals surface area contributed by atoms with Crippen LogP contribution in [-0.4, -0.2) is 79.3 Å². The largest absolute Gasteiger partial charge is 0.496 e. The number of carboxylic acid groups (broad SMARTS) is 1. The Hall–Kier alpha value is -2.12. The fourth-order valence-corrected chi connectivity index (χ4v) is 3.76. The molecule has 1 aromatic carbocycles. The molecule has 1 N–H and O–H groups in total. The number of para-hydroxylation sites is 1. The highest BCUT2D eigenvalue weighted by Crippen LogP contribution is 2.27. The first kappa shape index (κ1) is 17.7. The van der Waals surface area contributed by atoms with Crippen molar-refractivity contribution < 1.29 is 24.2 Å². The van der Waals surface area contributed by atoms with Crippen LogP contribution in [0.15, 0.2) is 18.2 Å². The minimum Gasteiger partial charge on any atom is -0.496 e. The van der Waals surface area contributed by atoms with E-state index in [1.165, 1.54) is 0 Å². The maximum Gasteiger partial charge on any atom is 0.317 e. The van der Waals surface area contributed by atoms with Gasteiger partial charge in [-0.25, -0.2) is 0 Å². The Morgan fingerprint density at radius 1 is 1.28 bits per heavy atom. The van der Waals surface area contributed by atoms with Gasteiger partial charge in [0.25, 0.3) is 5.91 Å². The Kier molecular flexibility index (Phi) is 5.24. The van der Waals surface area contributed by atoms with Crippen molar-refractivity contribution >= 4 is 11.9 Å². The molecule has 0 radical (unpaired) electrons. The van der Waals surface area contributed by atoms with Crippen molar-refractivity contribution in [3.05, 3.63) is 29.3 Å². The first-order valence-electron chi connectivity index (χ1n) is 8.46. The molecule has 2 bridgehead atoms. The van der Waals surface area contributed by atoms with Crippen molar-refractivity contribution in [3.63, 3.8) is 0 Å². The summed E-state index contributed by atoms with van der Waals surface area (Å²) >= 11 is 0. The highest BCUT2D eigenvalue weighted by molar-refractivity contribution is 5.97. The van der Waals surface area contributed by atoms with Crippen molar-refractivity contribution in [2.24, 2.45) is 5.92 Å². The van der Waals surface area contributed by atoms with E-state index in [0.717, 1.165) is 5.56 Å². The minimum atomic E-state index is -0.848. The van der Waals surface area contributed by atoms with Gasteiger partial charge in [-0.3, -0.25) is 14.5 Å². The lowest BCUT2D eigenvalue weighted by Gasteiger charge is -2.31. The number of amides is 1. The molecule has 2 aliphatic rings. The van der Waals surface area contributed by atoms with Crippen LogP contribution in [0, 0.1) is 12.8 Å². The second-order valence-electron chi connectivity index (χ2n) is 6.76. The number of benzene rings is 1. The van der Waals surface area contributed by atoms with Gasteiger partial charge in [-0.2, -0.15) is 0 Å². The molecule has 0 aromatic heterocycles. The summed E-state index contributed by atoms with van der Waals surface area (Å²) in [6.45, 7) is 4.56. The van der Waals surface area contributed by atoms with Gasteiger partial charge in [0, 0.05) is 25.6 Å². The van der Waals surface area contributed by atoms with E-state index >= 15 is 0 Å². The molecule has 136 valence electrons. The molecule has 0 saturated carbocycles. The Morgan fingerprint density at radius 2 is 2.08 bits per heavy atom. The van der Waals surface area contributed by atoms with E-state index in [2.05, 4.69) is 0 Å². The summed E-state index contributed by atoms with van der Waals surface area (Å²) in [5, 5.41) is 9.10. The number of carbonyl (C=O) groups excluding carboxylic acids is 1. The van der Waals surface area contributed by atoms with Gasteiger partial charge in [-0.15, -0.1) is 0 Å². The summed E-state index contributed by atoms with van der Waals surface area (Å²) in [7, 11) is 1.57. The zero-order chi connectivity index (χ0) is 18.0. The number of hydrogen-bond acceptors (Lipinski definition) is 5. The molecule has 2 atom stereocenters. The minimum absolute atomic E-state index is 0.0111. The lowest BCUT2D eigenvalue weighted by molar-refractivity contribution is -0.138. The van der Waals surface area contributed by atoms with Gasteiger partial charge in [-0.1, -0.05) is 12.1 Å². The van der Waals surface area contributed by atoms with Crippen LogP contribution in [0.5, 0.6) is 5.75 Å². The molecule has 7 heteroatoms. The first-order valence-corrected chi connectivity index (χ1v) is 8.46. The third-order valence-electron chi connectivity index (χ3n) is 4.81. The molecule has 2 saturated heterocycles. The third-order valence-corrected chi connectivity index (χ3v) is 4.81. The smallest absolute Gasteiger partial charge is 0.317 e. The van der Waals surface area contributed by atoms with Gasteiger partial charge < -0.3 is 19.5 Å². The number of carboxylic acids is 1. The SMILES string of the molecule is COc1c(C)cccc1C(=O)N1C[C@H]2COC[C@@H]1CN(CC(=O)O)C2. The summed E-state index contributed by atoms with van der Waals surface area (Å²) in [5.74, 6) is -0.237. The van der Waals surface area contributed by atoms with Gasteiger partial charge >= 0.3 is 5.97 Å². The van der Waals surface area contributed by atoms with E-state index in [9.17, 15) is 9.59 Å². The Bertz CT molecular complexity index is 663. The lowest BCUT2D eigenvalue weighted by Crippen LogP contribution is -2.47. The van der Waals surface area contributed by atoms with E-state index in [1.54, 1.807) is 13.2 Å². The summed E-state index contributed by atoms with van der Waals surface area (Å²) in [4.78, 5) is 28.0. The molecule has 1 aromatic rings. The molecular formula is C18H24N2O5. The monoisotopic (exact) mass is 348 g/mol. The topological polar surface area (TPSA) is 79.3 Å². The highest BCUT2D eigenvalue weighted by atomic mass is 16.5. The van der Waals surface area contributed by atoms with E-state index in [-0.39, 0.29) is 24.4 Å². The average molecular weight is 348 g/mol. The van der Waals surface area contributed by atoms with Gasteiger partial charge in [0.05, 0.1) is 38.5 Å². The Labute approximate surface area is 147 Å². The number of fused-ring (bicyclic) bond motifs is 3. The zero-order valence-corrected chi connectivity index (χ0v) is 14.6. The number of aliphatic carboxylic acids is 1. The maximum atomic E-state index is 13.2. The average Bonchev–Trinajstić information content (AvgIpc) is 2.84. The standard InChI is InChI=1S/C18H24N2O5/c1-12-4-3-5-15(17(12)24-2)18(23)20-7-13-6-19(9-16(21)22)8-14(20)11-25-10-13/h3-5,13-14H,6-11H2,1-2H3,(H,21,22)/t13-,14-/m0/s1. The Balaban J connectivity index is 1.88. The third kappa shape index (κ3) is 3.77. The summed E-state index contributed by atoms with van der Waals surface area (Å²) in [5.41, 5.74) is 1.45. The number of aryl methyl sites for hydroxylation is 1. The van der Waals surface area contributed by atoms with Crippen LogP contribution in [0.1, 0.15) is 15.9 Å². The quantitative estimate of drug-likeness (QED) is 0.869. The predicted molar refractivity (Wildman–Crippen MR) is 90.9 cm³/mol. The fraction of sp³-hybridized carbons (Fsp3) is 0.556. The van der Waals surface area contributed by atoms with E-state index in [1.807, 2.05) is 28.9 Å². The number of nitrogens with zero attached hydrogens (tertiary/aromatic N) is 2. The molecule has 0 aliphatic carbocycles. The number of ether oxygens (including phenoxy) is 2. The molecule has 7 nitrogen and oxygen atoms in total. The van der Waals surface area contributed by atoms with Crippen LogP contribution in [0.2, 0.25) is 0 Å². The molecule has 1 amide bonds. The second kappa shape index (κ2) is 7.41. The molecule has 2 heterocycles. The van der Waals surface area contributed by atoms with Gasteiger partial charge in [0.1, 0.15) is 5.75 Å². The fourth-order valence-electron chi connectivity index (χ4n) is 3.76. The van der Waals surface area contributed by atoms with E-state index in [0.29, 0.717) is 44.2 Å². The lowest BCUT2D eigenvalue weighted by atomic mass is 10.1. The molecule has 0 unspecified atom stereocenters. The number of rotatable bonds is 4. The van der Waals surface area contributed by atoms with Crippen LogP contribution in [0.4, 0.5) is 0 Å². The van der Waals surface area contributed by atoms with Crippen molar-refractivity contribution in [1.29, 1.82) is 0 Å². The number of methoxy groups -OCH3 is 1. The van der Waals surface area contributed by atoms with Crippen molar-refractivity contribution in [2.75, 3.05) is 46.5 Å². The van der Waals surface area contributed by atoms with Crippen LogP contribution in [-0.2, 0) is 9.53 Å². The molecule has 0 spiro atoms. The number of carbonyl (C=O) groups is 2. The highest BCUT2D eigenvalue weighted by Gasteiger charge is 2.37. The van der Waals surface area contributed by atoms with Crippen molar-refractivity contribution in [1.82, 2.24) is 9.80 Å². The normalized spacial score (nSPS) is 23.8. The van der Waals surface area contributed by atoms with Crippen molar-refractivity contribution in [3.8, 4) is 5.75 Å². The van der Waals surface area contributed by atoms with Gasteiger partial charge in [-0.05, 0) is 18.6 Å². The maximum absolute atomic E-state index is 13.2. The van der Waals surface area contributed by atoms with Gasteiger partial charge in [0.15, 0.2) is 0 Å². The molecule has 3 rings (SSSR count). The summed E-state index contributed by atoms with van der Waals surface area (Å²) < 4.78 is 11.1. The second-order valence-corrected chi connectivity index (χ2v) is 6.76. The first-order chi connectivity index (χ1) is 12.0. The van der Waals surface area contributed by atoms with E-state index < -0.39 is 5.97 Å². The summed E-state index contributed by atoms with van der Waals surface area (Å²) in [6, 6.07) is 5.37. The van der Waals surface area contributed by atoms with E-state index in [4.69, 9.17) is 14.6 Å². The van der Waals surface area contributed by atoms with Gasteiger partial charge in [0.2, 0.25) is 0 Å². The molecule has 25 heavy (non-hydrogen) atoms. The molecule has 2 aliphatic heterocycles. The van der Waals surface area contributed by atoms with Crippen LogP contribution < -0.4 is 4.74 Å². The summed E-state index contributed by atoms with van der Waals surface area (Å²) in [6.07, 6.45) is 0.